The van der Waals surface area contributed by atoms with Crippen molar-refractivity contribution in [1.29, 1.82) is 0 Å². The summed E-state index contributed by atoms with van der Waals surface area (Å²) >= 11 is 1.67. The number of hydrogen-bond acceptors (Lipinski definition) is 3. The van der Waals surface area contributed by atoms with Crippen LogP contribution < -0.4 is 16.0 Å². The van der Waals surface area contributed by atoms with Gasteiger partial charge in [0, 0.05) is 11.6 Å². The number of amides is 3. The molecule has 0 saturated carbocycles. The topological polar surface area (TPSA) is 74.8 Å². The van der Waals surface area contributed by atoms with E-state index >= 15 is 0 Å². The molecule has 0 fully saturated rings. The molecule has 5 nitrogen and oxygen atoms in total. The predicted molar refractivity (Wildman–Crippen MR) is 110 cm³/mol. The highest BCUT2D eigenvalue weighted by atomic mass is 32.1. The molecule has 0 aliphatic carbocycles. The smallest absolute Gasteiger partial charge is 0.321 e. The molecular formula is C21H30N3O2S+. The fraction of sp³-hybridized carbons (Fsp3) is 0.429. The molecule has 0 aliphatic rings. The molecule has 27 heavy (non-hydrogen) atoms. The molecule has 0 aliphatic heterocycles. The van der Waals surface area contributed by atoms with E-state index in [1.165, 1.54) is 10.4 Å². The molecule has 146 valence electrons. The van der Waals surface area contributed by atoms with Gasteiger partial charge in [-0.1, -0.05) is 51.1 Å². The van der Waals surface area contributed by atoms with Gasteiger partial charge in [0.25, 0.3) is 5.91 Å². The molecule has 0 spiro atoms. The third-order valence-electron chi connectivity index (χ3n) is 4.59. The molecule has 1 aromatic carbocycles. The molecule has 3 amide bonds. The van der Waals surface area contributed by atoms with Gasteiger partial charge in [0.05, 0.1) is 4.88 Å². The molecule has 0 unspecified atom stereocenters. The van der Waals surface area contributed by atoms with Gasteiger partial charge < -0.3 is 10.6 Å². The van der Waals surface area contributed by atoms with Crippen LogP contribution in [-0.4, -0.2) is 24.5 Å². The van der Waals surface area contributed by atoms with Gasteiger partial charge in [-0.15, -0.1) is 11.3 Å². The highest BCUT2D eigenvalue weighted by Gasteiger charge is 2.21. The lowest BCUT2D eigenvalue weighted by Crippen LogP contribution is -2.87. The number of carbonyl (C=O) groups is 2. The van der Waals surface area contributed by atoms with Gasteiger partial charge in [0.2, 0.25) is 0 Å². The van der Waals surface area contributed by atoms with Crippen molar-refractivity contribution in [3.63, 3.8) is 0 Å². The van der Waals surface area contributed by atoms with Crippen molar-refractivity contribution in [3.8, 4) is 0 Å². The highest BCUT2D eigenvalue weighted by Crippen LogP contribution is 2.24. The lowest BCUT2D eigenvalue weighted by Gasteiger charge is -2.16. The molecule has 4 N–H and O–H groups in total. The Hall–Kier alpha value is -2.18. The largest absolute Gasteiger partial charge is 0.335 e. The van der Waals surface area contributed by atoms with Crippen LogP contribution in [0.2, 0.25) is 0 Å². The third kappa shape index (κ3) is 6.48. The molecule has 1 aromatic heterocycles. The fourth-order valence-electron chi connectivity index (χ4n) is 2.74. The van der Waals surface area contributed by atoms with E-state index in [1.54, 1.807) is 11.3 Å². The Morgan fingerprint density at radius 1 is 1.07 bits per heavy atom. The van der Waals surface area contributed by atoms with Crippen LogP contribution in [0.15, 0.2) is 41.8 Å². The molecule has 0 saturated heterocycles. The maximum atomic E-state index is 12.2. The first-order valence-electron chi connectivity index (χ1n) is 9.47. The summed E-state index contributed by atoms with van der Waals surface area (Å²) < 4.78 is 0. The van der Waals surface area contributed by atoms with Crippen LogP contribution in [-0.2, 0) is 4.79 Å². The van der Waals surface area contributed by atoms with Gasteiger partial charge in [-0.2, -0.15) is 0 Å². The molecule has 0 radical (unpaired) electrons. The summed E-state index contributed by atoms with van der Waals surface area (Å²) in [5.41, 5.74) is 2.45. The molecule has 0 bridgehead atoms. The van der Waals surface area contributed by atoms with E-state index < -0.39 is 6.03 Å². The van der Waals surface area contributed by atoms with Crippen molar-refractivity contribution in [2.24, 2.45) is 0 Å². The first-order chi connectivity index (χ1) is 12.9. The first kappa shape index (κ1) is 21.1. The number of nitrogens with one attached hydrogen (secondary N) is 2. The first-order valence-corrected chi connectivity index (χ1v) is 10.4. The summed E-state index contributed by atoms with van der Waals surface area (Å²) in [7, 11) is 0. The molecule has 2 atom stereocenters. The van der Waals surface area contributed by atoms with E-state index in [1.807, 2.05) is 30.6 Å². The summed E-state index contributed by atoms with van der Waals surface area (Å²) in [6, 6.07) is 12.3. The van der Waals surface area contributed by atoms with E-state index in [0.717, 1.165) is 12.0 Å². The Labute approximate surface area is 165 Å². The highest BCUT2D eigenvalue weighted by molar-refractivity contribution is 7.10. The van der Waals surface area contributed by atoms with E-state index in [-0.39, 0.29) is 24.5 Å². The fourth-order valence-corrected chi connectivity index (χ4v) is 3.59. The number of imide groups is 1. The number of urea groups is 1. The van der Waals surface area contributed by atoms with Crippen molar-refractivity contribution < 1.29 is 14.9 Å². The Bertz CT molecular complexity index is 726. The SMILES string of the molecule is CC[C@@H](C)NC(=O)NC(=O)C[NH2+][C@H](c1ccc(C(C)C)cc1)c1cccs1. The van der Waals surface area contributed by atoms with Crippen molar-refractivity contribution in [2.75, 3.05) is 6.54 Å². The molecular weight excluding hydrogens is 358 g/mol. The van der Waals surface area contributed by atoms with Crippen LogP contribution in [0.5, 0.6) is 0 Å². The van der Waals surface area contributed by atoms with E-state index in [0.29, 0.717) is 5.92 Å². The Balaban J connectivity index is 2.01. The standard InChI is InChI=1S/C21H29N3O2S/c1-5-15(4)23-21(26)24-19(25)13-22-20(18-7-6-12-27-18)17-10-8-16(9-11-17)14(2)3/h6-12,14-15,20,22H,5,13H2,1-4H3,(H2,23,24,25,26)/p+1/t15-,20-/m1/s1. The second kappa shape index (κ2) is 10.2. The molecule has 6 heteroatoms. The van der Waals surface area contributed by atoms with Gasteiger partial charge in [0.15, 0.2) is 6.54 Å². The normalized spacial score (nSPS) is 13.2. The Morgan fingerprint density at radius 2 is 1.74 bits per heavy atom. The summed E-state index contributed by atoms with van der Waals surface area (Å²) in [6.07, 6.45) is 0.820. The number of rotatable bonds is 8. The maximum absolute atomic E-state index is 12.2. The summed E-state index contributed by atoms with van der Waals surface area (Å²) in [6.45, 7) is 8.42. The molecule has 1 heterocycles. The minimum absolute atomic E-state index is 0.0367. The average Bonchev–Trinajstić information content (AvgIpc) is 3.16. The van der Waals surface area contributed by atoms with Crippen LogP contribution in [0.1, 0.15) is 62.1 Å². The lowest BCUT2D eigenvalue weighted by molar-refractivity contribution is -0.676. The van der Waals surface area contributed by atoms with Crippen molar-refractivity contribution in [2.45, 2.75) is 52.1 Å². The number of benzene rings is 1. The van der Waals surface area contributed by atoms with Crippen LogP contribution in [0, 0.1) is 0 Å². The summed E-state index contributed by atoms with van der Waals surface area (Å²) in [5.74, 6) is 0.189. The average molecular weight is 389 g/mol. The van der Waals surface area contributed by atoms with Gasteiger partial charge in [-0.05, 0) is 36.3 Å². The zero-order valence-corrected chi connectivity index (χ0v) is 17.3. The quantitative estimate of drug-likeness (QED) is 0.650. The van der Waals surface area contributed by atoms with Crippen LogP contribution >= 0.6 is 11.3 Å². The monoisotopic (exact) mass is 388 g/mol. The van der Waals surface area contributed by atoms with Crippen LogP contribution in [0.25, 0.3) is 0 Å². The minimum Gasteiger partial charge on any atom is -0.335 e. The second-order valence-electron chi connectivity index (χ2n) is 7.09. The van der Waals surface area contributed by atoms with Crippen molar-refractivity contribution in [3.05, 3.63) is 57.8 Å². The number of quaternary nitrogens is 1. The van der Waals surface area contributed by atoms with Gasteiger partial charge in [-0.25, -0.2) is 4.79 Å². The van der Waals surface area contributed by atoms with E-state index in [9.17, 15) is 9.59 Å². The Kier molecular flexibility index (Phi) is 8.00. The van der Waals surface area contributed by atoms with E-state index in [4.69, 9.17) is 0 Å². The van der Waals surface area contributed by atoms with Gasteiger partial charge >= 0.3 is 6.03 Å². The zero-order valence-electron chi connectivity index (χ0n) is 16.5. The number of carbonyl (C=O) groups excluding carboxylic acids is 2. The summed E-state index contributed by atoms with van der Waals surface area (Å²) in [5, 5.41) is 9.16. The summed E-state index contributed by atoms with van der Waals surface area (Å²) in [4.78, 5) is 25.2. The van der Waals surface area contributed by atoms with Crippen molar-refractivity contribution in [1.82, 2.24) is 10.6 Å². The second-order valence-corrected chi connectivity index (χ2v) is 8.06. The van der Waals surface area contributed by atoms with Gasteiger partial charge in [0.1, 0.15) is 6.04 Å². The molecule has 2 aromatic rings. The van der Waals surface area contributed by atoms with Crippen LogP contribution in [0.4, 0.5) is 4.79 Å². The van der Waals surface area contributed by atoms with Gasteiger partial charge in [-0.3, -0.25) is 10.1 Å². The Morgan fingerprint density at radius 3 is 2.30 bits per heavy atom. The van der Waals surface area contributed by atoms with E-state index in [2.05, 4.69) is 54.8 Å². The number of thiophene rings is 1. The zero-order chi connectivity index (χ0) is 19.8. The minimum atomic E-state index is -0.434. The van der Waals surface area contributed by atoms with Crippen molar-refractivity contribution >= 4 is 23.3 Å². The lowest BCUT2D eigenvalue weighted by atomic mass is 9.98. The number of hydrogen-bond donors (Lipinski definition) is 3. The third-order valence-corrected chi connectivity index (χ3v) is 5.55. The number of nitrogens with two attached hydrogens (primary N) is 1. The predicted octanol–water partition coefficient (Wildman–Crippen LogP) is 3.15. The molecule has 2 rings (SSSR count). The maximum Gasteiger partial charge on any atom is 0.321 e. The van der Waals surface area contributed by atoms with Crippen LogP contribution in [0.3, 0.4) is 0 Å².